The summed E-state index contributed by atoms with van der Waals surface area (Å²) in [6, 6.07) is 3.04. The summed E-state index contributed by atoms with van der Waals surface area (Å²) in [5.74, 6) is -2.37. The Bertz CT molecular complexity index is 517. The smallest absolute Gasteiger partial charge is 0.421 e. The maximum atomic E-state index is 12.7. The van der Waals surface area contributed by atoms with Gasteiger partial charge in [-0.15, -0.1) is 0 Å². The van der Waals surface area contributed by atoms with Crippen LogP contribution in [0.1, 0.15) is 28.4 Å². The number of halogens is 3. The van der Waals surface area contributed by atoms with Crippen LogP contribution in [0.5, 0.6) is 5.75 Å². The maximum Gasteiger partial charge on any atom is 0.421 e. The molecule has 0 fully saturated rings. The molecule has 0 radical (unpaired) electrons. The lowest BCUT2D eigenvalue weighted by atomic mass is 10.0. The van der Waals surface area contributed by atoms with E-state index in [1.165, 1.54) is 13.0 Å². The van der Waals surface area contributed by atoms with Crippen molar-refractivity contribution in [2.45, 2.75) is 13.1 Å². The van der Waals surface area contributed by atoms with Crippen LogP contribution in [-0.4, -0.2) is 17.7 Å². The molecule has 1 aromatic rings. The highest BCUT2D eigenvalue weighted by Crippen LogP contribution is 2.40. The van der Waals surface area contributed by atoms with E-state index in [0.29, 0.717) is 0 Å². The molecule has 0 saturated heterocycles. The number of phenols is 1. The first-order chi connectivity index (χ1) is 8.32. The number of nitrogens with zero attached hydrogens (tertiary/aromatic N) is 1. The summed E-state index contributed by atoms with van der Waals surface area (Å²) in [7, 11) is 0. The van der Waals surface area contributed by atoms with E-state index in [1.807, 2.05) is 0 Å². The van der Waals surface area contributed by atoms with Crippen LogP contribution in [0.2, 0.25) is 0 Å². The molecule has 4 nitrogen and oxygen atoms in total. The monoisotopic (exact) mass is 259 g/mol. The van der Waals surface area contributed by atoms with Gasteiger partial charge in [-0.3, -0.25) is 0 Å². The highest BCUT2D eigenvalue weighted by Gasteiger charge is 2.39. The van der Waals surface area contributed by atoms with Gasteiger partial charge < -0.3 is 9.84 Å². The van der Waals surface area contributed by atoms with Gasteiger partial charge in [-0.05, 0) is 19.1 Å². The average molecular weight is 259 g/mol. The van der Waals surface area contributed by atoms with E-state index in [2.05, 4.69) is 4.74 Å². The van der Waals surface area contributed by atoms with Gasteiger partial charge in [0.25, 0.3) is 0 Å². The average Bonchev–Trinajstić information content (AvgIpc) is 2.26. The molecule has 0 aliphatic rings. The molecular formula is C11H8F3NO3. The van der Waals surface area contributed by atoms with Crippen molar-refractivity contribution in [1.82, 2.24) is 0 Å². The fourth-order valence-corrected chi connectivity index (χ4v) is 1.34. The Labute approximate surface area is 100 Å². The maximum absolute atomic E-state index is 12.7. The van der Waals surface area contributed by atoms with Gasteiger partial charge in [0.05, 0.1) is 18.2 Å². The minimum Gasteiger partial charge on any atom is -0.506 e. The number of aromatic hydroxyl groups is 1. The molecule has 0 heterocycles. The second-order valence-electron chi connectivity index (χ2n) is 3.21. The third-order valence-electron chi connectivity index (χ3n) is 2.08. The second kappa shape index (κ2) is 4.96. The summed E-state index contributed by atoms with van der Waals surface area (Å²) in [4.78, 5) is 11.3. The van der Waals surface area contributed by atoms with Crippen molar-refractivity contribution in [2.75, 3.05) is 6.61 Å². The molecule has 1 N–H and O–H groups in total. The third kappa shape index (κ3) is 2.53. The largest absolute Gasteiger partial charge is 0.506 e. The molecule has 0 amide bonds. The van der Waals surface area contributed by atoms with E-state index >= 15 is 0 Å². The number of benzene rings is 1. The van der Waals surface area contributed by atoms with E-state index in [1.54, 1.807) is 0 Å². The van der Waals surface area contributed by atoms with Crippen LogP contribution in [0.3, 0.4) is 0 Å². The SMILES string of the molecule is CCOC(=O)c1ccc(C#N)c(C(F)(F)F)c1O. The molecule has 0 bridgehead atoms. The molecule has 0 saturated carbocycles. The van der Waals surface area contributed by atoms with Gasteiger partial charge in [0.1, 0.15) is 16.9 Å². The molecule has 0 aliphatic carbocycles. The molecular weight excluding hydrogens is 251 g/mol. The Balaban J connectivity index is 3.45. The molecule has 0 atom stereocenters. The van der Waals surface area contributed by atoms with Crippen LogP contribution in [0.4, 0.5) is 13.2 Å². The molecule has 18 heavy (non-hydrogen) atoms. The Kier molecular flexibility index (Phi) is 3.81. The Morgan fingerprint density at radius 1 is 1.50 bits per heavy atom. The molecule has 96 valence electrons. The summed E-state index contributed by atoms with van der Waals surface area (Å²) in [6.45, 7) is 1.43. The van der Waals surface area contributed by atoms with Crippen molar-refractivity contribution in [1.29, 1.82) is 5.26 Å². The van der Waals surface area contributed by atoms with Crippen LogP contribution >= 0.6 is 0 Å². The quantitative estimate of drug-likeness (QED) is 0.828. The summed E-state index contributed by atoms with van der Waals surface area (Å²) in [5, 5.41) is 18.0. The van der Waals surface area contributed by atoms with E-state index in [9.17, 15) is 23.1 Å². The third-order valence-corrected chi connectivity index (χ3v) is 2.08. The van der Waals surface area contributed by atoms with Crippen molar-refractivity contribution < 1.29 is 27.8 Å². The van der Waals surface area contributed by atoms with Crippen molar-refractivity contribution in [3.8, 4) is 11.8 Å². The standard InChI is InChI=1S/C11H8F3NO3/c1-2-18-10(17)7-4-3-6(5-15)8(9(7)16)11(12,13)14/h3-4,16H,2H2,1H3. The van der Waals surface area contributed by atoms with Gasteiger partial charge >= 0.3 is 12.1 Å². The first-order valence-corrected chi connectivity index (χ1v) is 4.83. The summed E-state index contributed by atoms with van der Waals surface area (Å²) < 4.78 is 42.5. The zero-order valence-electron chi connectivity index (χ0n) is 9.21. The van der Waals surface area contributed by atoms with Crippen LogP contribution < -0.4 is 0 Å². The number of nitriles is 1. The molecule has 1 rings (SSSR count). The van der Waals surface area contributed by atoms with Crippen LogP contribution in [0.25, 0.3) is 0 Å². The van der Waals surface area contributed by atoms with E-state index < -0.39 is 34.6 Å². The highest BCUT2D eigenvalue weighted by atomic mass is 19.4. The van der Waals surface area contributed by atoms with Gasteiger partial charge in [-0.2, -0.15) is 18.4 Å². The number of rotatable bonds is 2. The fraction of sp³-hybridized carbons (Fsp3) is 0.273. The van der Waals surface area contributed by atoms with Crippen molar-refractivity contribution in [3.05, 3.63) is 28.8 Å². The number of phenolic OH excluding ortho intramolecular Hbond substituents is 1. The number of carbonyl (C=O) groups excluding carboxylic acids is 1. The minimum atomic E-state index is -4.93. The summed E-state index contributed by atoms with van der Waals surface area (Å²) in [5.41, 5.74) is -2.91. The van der Waals surface area contributed by atoms with Gasteiger partial charge in [-0.1, -0.05) is 0 Å². The lowest BCUT2D eigenvalue weighted by molar-refractivity contribution is -0.139. The molecule has 0 unspecified atom stereocenters. The normalized spacial score (nSPS) is 10.8. The minimum absolute atomic E-state index is 0.0420. The van der Waals surface area contributed by atoms with Gasteiger partial charge in [0.15, 0.2) is 0 Å². The Morgan fingerprint density at radius 3 is 2.56 bits per heavy atom. The first-order valence-electron chi connectivity index (χ1n) is 4.83. The number of hydrogen-bond donors (Lipinski definition) is 1. The summed E-state index contributed by atoms with van der Waals surface area (Å²) in [6.07, 6.45) is -4.93. The van der Waals surface area contributed by atoms with Crippen LogP contribution in [-0.2, 0) is 10.9 Å². The van der Waals surface area contributed by atoms with Gasteiger partial charge in [0.2, 0.25) is 0 Å². The van der Waals surface area contributed by atoms with E-state index in [0.717, 1.165) is 12.1 Å². The Morgan fingerprint density at radius 2 is 2.11 bits per heavy atom. The zero-order chi connectivity index (χ0) is 13.9. The fourth-order valence-electron chi connectivity index (χ4n) is 1.34. The number of hydrogen-bond acceptors (Lipinski definition) is 4. The summed E-state index contributed by atoms with van der Waals surface area (Å²) >= 11 is 0. The predicted molar refractivity (Wildman–Crippen MR) is 53.8 cm³/mol. The predicted octanol–water partition coefficient (Wildman–Crippen LogP) is 2.46. The zero-order valence-corrected chi connectivity index (χ0v) is 9.21. The molecule has 0 aromatic heterocycles. The topological polar surface area (TPSA) is 70.3 Å². The van der Waals surface area contributed by atoms with Gasteiger partial charge in [0, 0.05) is 0 Å². The van der Waals surface area contributed by atoms with E-state index in [4.69, 9.17) is 5.26 Å². The number of alkyl halides is 3. The van der Waals surface area contributed by atoms with Crippen LogP contribution in [0, 0.1) is 11.3 Å². The van der Waals surface area contributed by atoms with Crippen molar-refractivity contribution in [2.24, 2.45) is 0 Å². The van der Waals surface area contributed by atoms with Crippen molar-refractivity contribution >= 4 is 5.97 Å². The van der Waals surface area contributed by atoms with Gasteiger partial charge in [-0.25, -0.2) is 4.79 Å². The number of ether oxygens (including phenoxy) is 1. The molecule has 1 aromatic carbocycles. The molecule has 7 heteroatoms. The highest BCUT2D eigenvalue weighted by molar-refractivity contribution is 5.93. The number of esters is 1. The molecule has 0 aliphatic heterocycles. The van der Waals surface area contributed by atoms with E-state index in [-0.39, 0.29) is 6.61 Å². The Hall–Kier alpha value is -2.23. The van der Waals surface area contributed by atoms with Crippen molar-refractivity contribution in [3.63, 3.8) is 0 Å². The first kappa shape index (κ1) is 13.8. The van der Waals surface area contributed by atoms with Crippen LogP contribution in [0.15, 0.2) is 12.1 Å². The molecule has 0 spiro atoms. The number of carbonyl (C=O) groups is 1. The lowest BCUT2D eigenvalue weighted by Crippen LogP contribution is -2.12. The second-order valence-corrected chi connectivity index (χ2v) is 3.21. The lowest BCUT2D eigenvalue weighted by Gasteiger charge is -2.13.